The highest BCUT2D eigenvalue weighted by Gasteiger charge is 2.24. The van der Waals surface area contributed by atoms with E-state index in [0.717, 1.165) is 4.68 Å². The number of carbonyl (C=O) groups excluding carboxylic acids is 1. The van der Waals surface area contributed by atoms with E-state index < -0.39 is 5.76 Å². The quantitative estimate of drug-likeness (QED) is 0.691. The van der Waals surface area contributed by atoms with Crippen LogP contribution >= 0.6 is 0 Å². The van der Waals surface area contributed by atoms with Crippen LogP contribution in [-0.4, -0.2) is 46.8 Å². The van der Waals surface area contributed by atoms with E-state index in [1.807, 2.05) is 4.90 Å². The van der Waals surface area contributed by atoms with Crippen molar-refractivity contribution in [1.82, 2.24) is 14.7 Å². The second-order valence-electron chi connectivity index (χ2n) is 6.13. The molecule has 0 radical (unpaired) electrons. The second-order valence-corrected chi connectivity index (χ2v) is 6.13. The first-order valence-corrected chi connectivity index (χ1v) is 8.51. The van der Waals surface area contributed by atoms with Gasteiger partial charge in [-0.25, -0.2) is 9.18 Å². The fourth-order valence-electron chi connectivity index (χ4n) is 3.04. The number of rotatable bonds is 4. The zero-order valence-electron chi connectivity index (χ0n) is 14.4. The predicted molar refractivity (Wildman–Crippen MR) is 93.7 cm³/mol. The van der Waals surface area contributed by atoms with Crippen LogP contribution in [0.5, 0.6) is 0 Å². The number of furan rings is 1. The number of carbonyl (C=O) groups is 1. The van der Waals surface area contributed by atoms with Crippen LogP contribution in [0.2, 0.25) is 0 Å². The van der Waals surface area contributed by atoms with Crippen LogP contribution in [0.4, 0.5) is 10.1 Å². The smallest absolute Gasteiger partial charge is 0.437 e. The maximum absolute atomic E-state index is 13.9. The third-order valence-electron chi connectivity index (χ3n) is 4.45. The summed E-state index contributed by atoms with van der Waals surface area (Å²) in [6.07, 6.45) is 1.44. The summed E-state index contributed by atoms with van der Waals surface area (Å²) in [5.74, 6) is -0.903. The monoisotopic (exact) mass is 372 g/mol. The Balaban J connectivity index is 1.39. The van der Waals surface area contributed by atoms with E-state index in [4.69, 9.17) is 8.83 Å². The fraction of sp³-hybridized carbons (Fsp3) is 0.278. The molecule has 0 aliphatic carbocycles. The number of hydrogen-bond donors (Lipinski definition) is 0. The van der Waals surface area contributed by atoms with Gasteiger partial charge in [0.25, 0.3) is 5.89 Å². The topological polar surface area (TPSA) is 84.7 Å². The van der Waals surface area contributed by atoms with Crippen LogP contribution in [0.15, 0.2) is 56.3 Å². The Bertz CT molecular complexity index is 987. The van der Waals surface area contributed by atoms with Gasteiger partial charge < -0.3 is 18.6 Å². The van der Waals surface area contributed by atoms with Crippen LogP contribution in [0.25, 0.3) is 11.7 Å². The maximum Gasteiger partial charge on any atom is 0.437 e. The fourth-order valence-corrected chi connectivity index (χ4v) is 3.04. The van der Waals surface area contributed by atoms with Crippen molar-refractivity contribution in [2.75, 3.05) is 31.1 Å². The van der Waals surface area contributed by atoms with Crippen LogP contribution in [0.1, 0.15) is 0 Å². The standard InChI is InChI=1S/C18H17FN4O4/c19-13-4-1-2-5-14(13)21-7-9-22(10-8-21)16(24)12-23-18(25)27-17(20-23)15-6-3-11-26-15/h1-6,11H,7-10,12H2. The predicted octanol–water partition coefficient (Wildman–Crippen LogP) is 1.58. The lowest BCUT2D eigenvalue weighted by Gasteiger charge is -2.36. The third kappa shape index (κ3) is 3.48. The molecule has 3 heterocycles. The van der Waals surface area contributed by atoms with Gasteiger partial charge in [-0.2, -0.15) is 4.68 Å². The molecule has 1 fully saturated rings. The number of piperazine rings is 1. The van der Waals surface area contributed by atoms with Crippen molar-refractivity contribution in [1.29, 1.82) is 0 Å². The van der Waals surface area contributed by atoms with Gasteiger partial charge >= 0.3 is 5.76 Å². The average molecular weight is 372 g/mol. The Labute approximate surface area is 153 Å². The summed E-state index contributed by atoms with van der Waals surface area (Å²) in [4.78, 5) is 27.9. The Hall–Kier alpha value is -3.36. The lowest BCUT2D eigenvalue weighted by atomic mass is 10.2. The normalized spacial score (nSPS) is 14.6. The first-order valence-electron chi connectivity index (χ1n) is 8.51. The van der Waals surface area contributed by atoms with Gasteiger partial charge in [-0.15, -0.1) is 5.10 Å². The molecule has 8 nitrogen and oxygen atoms in total. The molecule has 2 aromatic heterocycles. The molecule has 0 spiro atoms. The van der Waals surface area contributed by atoms with E-state index >= 15 is 0 Å². The van der Waals surface area contributed by atoms with Gasteiger partial charge in [0, 0.05) is 26.2 Å². The number of para-hydroxylation sites is 1. The molecule has 4 rings (SSSR count). The van der Waals surface area contributed by atoms with E-state index in [9.17, 15) is 14.0 Å². The number of aromatic nitrogens is 2. The highest BCUT2D eigenvalue weighted by atomic mass is 19.1. The highest BCUT2D eigenvalue weighted by Crippen LogP contribution is 2.20. The van der Waals surface area contributed by atoms with Crippen molar-refractivity contribution < 1.29 is 18.0 Å². The van der Waals surface area contributed by atoms with Gasteiger partial charge in [0.15, 0.2) is 5.76 Å². The van der Waals surface area contributed by atoms with Crippen molar-refractivity contribution in [2.24, 2.45) is 0 Å². The summed E-state index contributed by atoms with van der Waals surface area (Å²) in [6, 6.07) is 9.82. The zero-order chi connectivity index (χ0) is 18.8. The molecule has 1 aromatic carbocycles. The van der Waals surface area contributed by atoms with Gasteiger partial charge in [-0.3, -0.25) is 4.79 Å². The van der Waals surface area contributed by atoms with E-state index in [0.29, 0.717) is 37.6 Å². The summed E-state index contributed by atoms with van der Waals surface area (Å²) < 4.78 is 25.0. The molecule has 3 aromatic rings. The maximum atomic E-state index is 13.9. The van der Waals surface area contributed by atoms with Crippen LogP contribution in [-0.2, 0) is 11.3 Å². The molecule has 27 heavy (non-hydrogen) atoms. The van der Waals surface area contributed by atoms with Crippen molar-refractivity contribution in [3.63, 3.8) is 0 Å². The van der Waals surface area contributed by atoms with Crippen molar-refractivity contribution in [3.05, 3.63) is 59.0 Å². The molecule has 0 N–H and O–H groups in total. The molecule has 0 unspecified atom stereocenters. The molecule has 0 atom stereocenters. The number of benzene rings is 1. The summed E-state index contributed by atoms with van der Waals surface area (Å²) in [5, 5.41) is 4.00. The van der Waals surface area contributed by atoms with E-state index in [1.54, 1.807) is 35.2 Å². The number of hydrogen-bond acceptors (Lipinski definition) is 6. The van der Waals surface area contributed by atoms with Gasteiger partial charge in [0.05, 0.1) is 12.0 Å². The number of amides is 1. The molecule has 1 aliphatic rings. The van der Waals surface area contributed by atoms with Crippen LogP contribution in [0, 0.1) is 5.82 Å². The Morgan fingerprint density at radius 3 is 2.59 bits per heavy atom. The van der Waals surface area contributed by atoms with Crippen molar-refractivity contribution >= 4 is 11.6 Å². The third-order valence-corrected chi connectivity index (χ3v) is 4.45. The highest BCUT2D eigenvalue weighted by molar-refractivity contribution is 5.76. The van der Waals surface area contributed by atoms with Crippen molar-refractivity contribution in [3.8, 4) is 11.7 Å². The molecule has 1 amide bonds. The number of anilines is 1. The van der Waals surface area contributed by atoms with E-state index in [-0.39, 0.29) is 24.2 Å². The molecule has 0 saturated carbocycles. The minimum absolute atomic E-state index is 0.0298. The van der Waals surface area contributed by atoms with Crippen LogP contribution in [0.3, 0.4) is 0 Å². The van der Waals surface area contributed by atoms with Crippen LogP contribution < -0.4 is 10.7 Å². The molecular weight excluding hydrogens is 355 g/mol. The van der Waals surface area contributed by atoms with Crippen molar-refractivity contribution in [2.45, 2.75) is 6.54 Å². The largest absolute Gasteiger partial charge is 0.459 e. The summed E-state index contributed by atoms with van der Waals surface area (Å²) in [5.41, 5.74) is 0.528. The van der Waals surface area contributed by atoms with E-state index in [2.05, 4.69) is 5.10 Å². The molecule has 0 bridgehead atoms. The Kier molecular flexibility index (Phi) is 4.49. The van der Waals surface area contributed by atoms with Gasteiger partial charge in [-0.05, 0) is 24.3 Å². The Morgan fingerprint density at radius 2 is 1.89 bits per heavy atom. The summed E-state index contributed by atoms with van der Waals surface area (Å²) >= 11 is 0. The first-order chi connectivity index (χ1) is 13.1. The minimum atomic E-state index is -0.722. The number of nitrogens with zero attached hydrogens (tertiary/aromatic N) is 4. The number of halogens is 1. The minimum Gasteiger partial charge on any atom is -0.459 e. The molecule has 9 heteroatoms. The summed E-state index contributed by atoms with van der Waals surface area (Å²) in [7, 11) is 0. The lowest BCUT2D eigenvalue weighted by Crippen LogP contribution is -2.50. The van der Waals surface area contributed by atoms with E-state index in [1.165, 1.54) is 12.3 Å². The second kappa shape index (κ2) is 7.10. The SMILES string of the molecule is O=C(Cn1nc(-c2ccco2)oc1=O)N1CCN(c2ccccc2F)CC1. The molecule has 140 valence electrons. The molecular formula is C18H17FN4O4. The zero-order valence-corrected chi connectivity index (χ0v) is 14.4. The van der Waals surface area contributed by atoms with Gasteiger partial charge in [-0.1, -0.05) is 12.1 Å². The Morgan fingerprint density at radius 1 is 1.11 bits per heavy atom. The van der Waals surface area contributed by atoms with Gasteiger partial charge in [0.2, 0.25) is 5.91 Å². The first kappa shape index (κ1) is 17.1. The van der Waals surface area contributed by atoms with Gasteiger partial charge in [0.1, 0.15) is 12.4 Å². The molecule has 1 aliphatic heterocycles. The lowest BCUT2D eigenvalue weighted by molar-refractivity contribution is -0.132. The summed E-state index contributed by atoms with van der Waals surface area (Å²) in [6.45, 7) is 1.68. The molecule has 1 saturated heterocycles. The average Bonchev–Trinajstić information content (AvgIpc) is 3.33.